The molecule has 0 unspecified atom stereocenters. The standard InChI is InChI=1S/C25H36O5/c1-4-5-12-29-30-15-22(28)20-9-8-19-18-7-6-16-13-17(26)10-11-24(16,2)23(18)21(27)14-25(19,20)3/h10-11,13,18-21,23,27H,4-9,12,14-15H2,1-3H3/t18-,19-,20+,21-,23+,24-,25-/m0/s1. The molecule has 0 aromatic rings. The van der Waals surface area contributed by atoms with Crippen LogP contribution >= 0.6 is 0 Å². The first-order chi connectivity index (χ1) is 14.3. The third kappa shape index (κ3) is 3.53. The molecule has 1 N–H and O–H groups in total. The Morgan fingerprint density at radius 2 is 2.03 bits per heavy atom. The van der Waals surface area contributed by atoms with E-state index in [1.54, 1.807) is 12.2 Å². The SMILES string of the molecule is CCCCOOCC(=O)[C@H]1CC[C@H]2[C@@H]3CCC4=CC(=O)C=C[C@]4(C)[C@H]3[C@@H](O)C[C@]12C. The Morgan fingerprint density at radius 3 is 2.80 bits per heavy atom. The molecule has 0 saturated heterocycles. The summed E-state index contributed by atoms with van der Waals surface area (Å²) in [6, 6.07) is 0. The van der Waals surface area contributed by atoms with Crippen LogP contribution in [0.15, 0.2) is 23.8 Å². The topological polar surface area (TPSA) is 72.8 Å². The number of hydrogen-bond acceptors (Lipinski definition) is 5. The molecular formula is C25H36O5. The zero-order chi connectivity index (χ0) is 21.5. The van der Waals surface area contributed by atoms with Crippen molar-refractivity contribution in [1.82, 2.24) is 0 Å². The quantitative estimate of drug-likeness (QED) is 0.383. The van der Waals surface area contributed by atoms with Crippen molar-refractivity contribution < 1.29 is 24.5 Å². The van der Waals surface area contributed by atoms with Gasteiger partial charge in [-0.25, -0.2) is 9.78 Å². The lowest BCUT2D eigenvalue weighted by atomic mass is 9.46. The van der Waals surface area contributed by atoms with Crippen LogP contribution < -0.4 is 0 Å². The molecule has 30 heavy (non-hydrogen) atoms. The van der Waals surface area contributed by atoms with E-state index in [2.05, 4.69) is 20.8 Å². The molecule has 0 spiro atoms. The number of allylic oxidation sites excluding steroid dienone is 4. The van der Waals surface area contributed by atoms with E-state index in [-0.39, 0.29) is 40.8 Å². The van der Waals surface area contributed by atoms with Crippen LogP contribution in [0.2, 0.25) is 0 Å². The van der Waals surface area contributed by atoms with Gasteiger partial charge in [-0.3, -0.25) is 9.59 Å². The third-order valence-corrected chi connectivity index (χ3v) is 8.75. The van der Waals surface area contributed by atoms with Gasteiger partial charge in [-0.15, -0.1) is 0 Å². The van der Waals surface area contributed by atoms with Gasteiger partial charge in [0.25, 0.3) is 0 Å². The van der Waals surface area contributed by atoms with Gasteiger partial charge in [0.2, 0.25) is 0 Å². The molecule has 0 aromatic heterocycles. The molecule has 7 atom stereocenters. The van der Waals surface area contributed by atoms with Crippen molar-refractivity contribution in [3.05, 3.63) is 23.8 Å². The first-order valence-corrected chi connectivity index (χ1v) is 11.7. The minimum atomic E-state index is -0.474. The first kappa shape index (κ1) is 21.9. The average Bonchev–Trinajstić information content (AvgIpc) is 3.04. The Hall–Kier alpha value is -1.30. The third-order valence-electron chi connectivity index (χ3n) is 8.75. The minimum Gasteiger partial charge on any atom is -0.393 e. The number of fused-ring (bicyclic) bond motifs is 5. The van der Waals surface area contributed by atoms with E-state index in [0.29, 0.717) is 24.9 Å². The number of aliphatic hydroxyl groups excluding tert-OH is 1. The van der Waals surface area contributed by atoms with Crippen LogP contribution in [0.4, 0.5) is 0 Å². The van der Waals surface area contributed by atoms with Crippen molar-refractivity contribution in [3.8, 4) is 0 Å². The summed E-state index contributed by atoms with van der Waals surface area (Å²) in [5.41, 5.74) is 0.716. The zero-order valence-electron chi connectivity index (χ0n) is 18.6. The molecule has 0 aromatic carbocycles. The number of aliphatic hydroxyl groups is 1. The zero-order valence-corrected chi connectivity index (χ0v) is 18.6. The van der Waals surface area contributed by atoms with E-state index in [9.17, 15) is 14.7 Å². The summed E-state index contributed by atoms with van der Waals surface area (Å²) in [5, 5.41) is 11.3. The molecule has 3 fully saturated rings. The summed E-state index contributed by atoms with van der Waals surface area (Å²) < 4.78 is 0. The molecule has 0 radical (unpaired) electrons. The summed E-state index contributed by atoms with van der Waals surface area (Å²) >= 11 is 0. The molecule has 5 nitrogen and oxygen atoms in total. The second kappa shape index (κ2) is 8.33. The van der Waals surface area contributed by atoms with Gasteiger partial charge in [-0.05, 0) is 67.9 Å². The van der Waals surface area contributed by atoms with Gasteiger partial charge >= 0.3 is 0 Å². The molecule has 4 aliphatic rings. The highest BCUT2D eigenvalue weighted by Crippen LogP contribution is 2.66. The van der Waals surface area contributed by atoms with Gasteiger partial charge in [-0.1, -0.05) is 38.8 Å². The highest BCUT2D eigenvalue weighted by molar-refractivity contribution is 6.01. The highest BCUT2D eigenvalue weighted by Gasteiger charge is 2.62. The van der Waals surface area contributed by atoms with Crippen molar-refractivity contribution in [2.45, 2.75) is 71.8 Å². The molecule has 0 bridgehead atoms. The summed E-state index contributed by atoms with van der Waals surface area (Å²) in [6.07, 6.45) is 11.4. The maximum atomic E-state index is 13.0. The average molecular weight is 417 g/mol. The van der Waals surface area contributed by atoms with Gasteiger partial charge in [0.15, 0.2) is 11.6 Å². The Balaban J connectivity index is 1.50. The molecule has 0 amide bonds. The van der Waals surface area contributed by atoms with Crippen molar-refractivity contribution in [2.24, 2.45) is 34.5 Å². The van der Waals surface area contributed by atoms with Crippen LogP contribution in [0.3, 0.4) is 0 Å². The lowest BCUT2D eigenvalue weighted by Gasteiger charge is -2.58. The predicted molar refractivity (Wildman–Crippen MR) is 113 cm³/mol. The highest BCUT2D eigenvalue weighted by atomic mass is 17.2. The normalized spacial score (nSPS) is 42.3. The maximum absolute atomic E-state index is 13.0. The second-order valence-electron chi connectivity index (χ2n) is 10.3. The number of carbonyl (C=O) groups excluding carboxylic acids is 2. The number of Topliss-reactive ketones (excluding diaryl/α,β-unsaturated/α-hetero) is 1. The number of rotatable bonds is 7. The molecule has 3 saturated carbocycles. The smallest absolute Gasteiger partial charge is 0.178 e. The molecule has 4 rings (SSSR count). The summed E-state index contributed by atoms with van der Waals surface area (Å²) in [6.45, 7) is 6.99. The maximum Gasteiger partial charge on any atom is 0.178 e. The summed E-state index contributed by atoms with van der Waals surface area (Å²) in [7, 11) is 0. The largest absolute Gasteiger partial charge is 0.393 e. The van der Waals surface area contributed by atoms with E-state index < -0.39 is 6.10 Å². The van der Waals surface area contributed by atoms with Crippen molar-refractivity contribution >= 4 is 11.6 Å². The molecule has 0 heterocycles. The summed E-state index contributed by atoms with van der Waals surface area (Å²) in [5.74, 6) is 0.990. The predicted octanol–water partition coefficient (Wildman–Crippen LogP) is 4.20. The van der Waals surface area contributed by atoms with E-state index in [1.807, 2.05) is 6.08 Å². The molecule has 4 aliphatic carbocycles. The number of carbonyl (C=O) groups is 2. The van der Waals surface area contributed by atoms with Crippen LogP contribution in [0.1, 0.15) is 65.7 Å². The number of unbranched alkanes of at least 4 members (excludes halogenated alkanes) is 1. The fraction of sp³-hybridized carbons (Fsp3) is 0.760. The Labute approximate surface area is 179 Å². The fourth-order valence-corrected chi connectivity index (χ4v) is 7.32. The van der Waals surface area contributed by atoms with Gasteiger partial charge in [0.05, 0.1) is 12.7 Å². The van der Waals surface area contributed by atoms with Crippen LogP contribution in [-0.2, 0) is 19.4 Å². The fourth-order valence-electron chi connectivity index (χ4n) is 7.32. The van der Waals surface area contributed by atoms with Crippen molar-refractivity contribution in [2.75, 3.05) is 13.2 Å². The van der Waals surface area contributed by atoms with Gasteiger partial charge in [-0.2, -0.15) is 0 Å². The lowest BCUT2D eigenvalue weighted by molar-refractivity contribution is -0.290. The minimum absolute atomic E-state index is 0.00364. The van der Waals surface area contributed by atoms with Crippen molar-refractivity contribution in [1.29, 1.82) is 0 Å². The van der Waals surface area contributed by atoms with E-state index in [0.717, 1.165) is 38.5 Å². The van der Waals surface area contributed by atoms with E-state index in [4.69, 9.17) is 9.78 Å². The van der Waals surface area contributed by atoms with Gasteiger partial charge in [0.1, 0.15) is 6.61 Å². The lowest BCUT2D eigenvalue weighted by Crippen LogP contribution is -2.56. The van der Waals surface area contributed by atoms with E-state index in [1.165, 1.54) is 5.57 Å². The number of ketones is 2. The van der Waals surface area contributed by atoms with Gasteiger partial charge in [0, 0.05) is 17.3 Å². The molecular weight excluding hydrogens is 380 g/mol. The monoisotopic (exact) mass is 416 g/mol. The van der Waals surface area contributed by atoms with Gasteiger partial charge < -0.3 is 5.11 Å². The molecule has 5 heteroatoms. The van der Waals surface area contributed by atoms with Crippen LogP contribution in [0, 0.1) is 34.5 Å². The Morgan fingerprint density at radius 1 is 1.23 bits per heavy atom. The van der Waals surface area contributed by atoms with Crippen LogP contribution in [0.5, 0.6) is 0 Å². The Bertz CT molecular complexity index is 755. The van der Waals surface area contributed by atoms with E-state index >= 15 is 0 Å². The number of hydrogen-bond donors (Lipinski definition) is 1. The summed E-state index contributed by atoms with van der Waals surface area (Å²) in [4.78, 5) is 35.3. The van der Waals surface area contributed by atoms with Crippen LogP contribution in [0.25, 0.3) is 0 Å². The molecule has 166 valence electrons. The Kier molecular flexibility index (Phi) is 6.08. The first-order valence-electron chi connectivity index (χ1n) is 11.7. The van der Waals surface area contributed by atoms with Crippen molar-refractivity contribution in [3.63, 3.8) is 0 Å². The second-order valence-corrected chi connectivity index (χ2v) is 10.3. The molecule has 0 aliphatic heterocycles. The van der Waals surface area contributed by atoms with Crippen LogP contribution in [-0.4, -0.2) is 36.0 Å².